The molecule has 20 heavy (non-hydrogen) atoms. The molecule has 110 valence electrons. The summed E-state index contributed by atoms with van der Waals surface area (Å²) in [6.45, 7) is 2.78. The third-order valence-electron chi connectivity index (χ3n) is 3.82. The molecule has 0 radical (unpaired) electrons. The highest BCUT2D eigenvalue weighted by molar-refractivity contribution is 5.97. The van der Waals surface area contributed by atoms with Crippen molar-refractivity contribution in [2.75, 3.05) is 0 Å². The number of aromatic nitrogens is 2. The zero-order valence-electron chi connectivity index (χ0n) is 11.8. The van der Waals surface area contributed by atoms with Gasteiger partial charge in [-0.05, 0) is 19.3 Å². The SMILES string of the molecule is CCCn1cc(C(=O)NC2(C(=O)O)CCCCC2)cn1. The van der Waals surface area contributed by atoms with E-state index >= 15 is 0 Å². The Balaban J connectivity index is 2.09. The second kappa shape index (κ2) is 6.07. The van der Waals surface area contributed by atoms with Crippen molar-refractivity contribution in [3.63, 3.8) is 0 Å². The van der Waals surface area contributed by atoms with E-state index < -0.39 is 11.5 Å². The Morgan fingerprint density at radius 1 is 1.40 bits per heavy atom. The predicted molar refractivity (Wildman–Crippen MR) is 73.4 cm³/mol. The van der Waals surface area contributed by atoms with Crippen molar-refractivity contribution in [1.82, 2.24) is 15.1 Å². The van der Waals surface area contributed by atoms with Crippen molar-refractivity contribution in [3.05, 3.63) is 18.0 Å². The molecule has 1 aliphatic carbocycles. The normalized spacial score (nSPS) is 17.6. The first kappa shape index (κ1) is 14.6. The van der Waals surface area contributed by atoms with Crippen LogP contribution in [0.5, 0.6) is 0 Å². The smallest absolute Gasteiger partial charge is 0.329 e. The molecule has 1 fully saturated rings. The average molecular weight is 279 g/mol. The van der Waals surface area contributed by atoms with Crippen molar-refractivity contribution in [3.8, 4) is 0 Å². The van der Waals surface area contributed by atoms with Gasteiger partial charge in [-0.15, -0.1) is 0 Å². The third-order valence-corrected chi connectivity index (χ3v) is 3.82. The molecule has 1 aromatic heterocycles. The Morgan fingerprint density at radius 2 is 2.10 bits per heavy atom. The molecule has 1 amide bonds. The van der Waals surface area contributed by atoms with Crippen LogP contribution in [0.1, 0.15) is 55.8 Å². The summed E-state index contributed by atoms with van der Waals surface area (Å²) in [4.78, 5) is 23.7. The number of aliphatic carboxylic acids is 1. The van der Waals surface area contributed by atoms with Gasteiger partial charge in [0.05, 0.1) is 11.8 Å². The number of rotatable bonds is 5. The number of carbonyl (C=O) groups excluding carboxylic acids is 1. The predicted octanol–water partition coefficient (Wildman–Crippen LogP) is 1.81. The molecular formula is C14H21N3O3. The van der Waals surface area contributed by atoms with Crippen molar-refractivity contribution >= 4 is 11.9 Å². The summed E-state index contributed by atoms with van der Waals surface area (Å²) in [5.74, 6) is -1.29. The van der Waals surface area contributed by atoms with Crippen LogP contribution in [0.3, 0.4) is 0 Å². The van der Waals surface area contributed by atoms with Crippen molar-refractivity contribution in [2.45, 2.75) is 57.5 Å². The number of carbonyl (C=O) groups is 2. The molecule has 0 saturated heterocycles. The minimum absolute atomic E-state index is 0.350. The van der Waals surface area contributed by atoms with Gasteiger partial charge >= 0.3 is 5.97 Å². The molecule has 0 atom stereocenters. The Morgan fingerprint density at radius 3 is 2.70 bits per heavy atom. The first-order chi connectivity index (χ1) is 9.57. The van der Waals surface area contributed by atoms with E-state index in [1.165, 1.54) is 6.20 Å². The number of hydrogen-bond donors (Lipinski definition) is 2. The van der Waals surface area contributed by atoms with Crippen LogP contribution in [0.15, 0.2) is 12.4 Å². The summed E-state index contributed by atoms with van der Waals surface area (Å²) in [5.41, 5.74) is -0.688. The fourth-order valence-corrected chi connectivity index (χ4v) is 2.67. The largest absolute Gasteiger partial charge is 0.480 e. The fourth-order valence-electron chi connectivity index (χ4n) is 2.67. The molecule has 0 aromatic carbocycles. The summed E-state index contributed by atoms with van der Waals surface area (Å²) in [6.07, 6.45) is 7.78. The zero-order valence-corrected chi connectivity index (χ0v) is 11.8. The molecule has 0 unspecified atom stereocenters. The molecule has 0 aliphatic heterocycles. The summed E-state index contributed by atoms with van der Waals surface area (Å²) >= 11 is 0. The minimum atomic E-state index is -1.11. The van der Waals surface area contributed by atoms with Gasteiger partial charge in [-0.3, -0.25) is 9.48 Å². The molecular weight excluding hydrogens is 258 g/mol. The zero-order chi connectivity index (χ0) is 14.6. The van der Waals surface area contributed by atoms with Gasteiger partial charge in [0, 0.05) is 12.7 Å². The van der Waals surface area contributed by atoms with E-state index in [4.69, 9.17) is 0 Å². The van der Waals surface area contributed by atoms with Crippen LogP contribution in [0, 0.1) is 0 Å². The van der Waals surface area contributed by atoms with Crippen LogP contribution in [0.2, 0.25) is 0 Å². The number of hydrogen-bond acceptors (Lipinski definition) is 3. The van der Waals surface area contributed by atoms with Crippen molar-refractivity contribution in [2.24, 2.45) is 0 Å². The summed E-state index contributed by atoms with van der Waals surface area (Å²) in [6, 6.07) is 0. The average Bonchev–Trinajstić information content (AvgIpc) is 2.89. The van der Waals surface area contributed by atoms with Gasteiger partial charge in [0.15, 0.2) is 0 Å². The van der Waals surface area contributed by atoms with Gasteiger partial charge in [0.1, 0.15) is 5.54 Å². The van der Waals surface area contributed by atoms with Crippen LogP contribution < -0.4 is 5.32 Å². The van der Waals surface area contributed by atoms with Crippen molar-refractivity contribution in [1.29, 1.82) is 0 Å². The van der Waals surface area contributed by atoms with E-state index in [-0.39, 0.29) is 5.91 Å². The molecule has 0 spiro atoms. The molecule has 0 bridgehead atoms. The molecule has 1 saturated carbocycles. The summed E-state index contributed by atoms with van der Waals surface area (Å²) in [7, 11) is 0. The molecule has 6 heteroatoms. The van der Waals surface area contributed by atoms with E-state index in [1.54, 1.807) is 10.9 Å². The maximum atomic E-state index is 12.2. The highest BCUT2D eigenvalue weighted by atomic mass is 16.4. The topological polar surface area (TPSA) is 84.2 Å². The highest BCUT2D eigenvalue weighted by Crippen LogP contribution is 2.28. The number of carboxylic acids is 1. The van der Waals surface area contributed by atoms with Crippen LogP contribution >= 0.6 is 0 Å². The van der Waals surface area contributed by atoms with E-state index in [2.05, 4.69) is 10.4 Å². The maximum absolute atomic E-state index is 12.2. The fraction of sp³-hybridized carbons (Fsp3) is 0.643. The first-order valence-electron chi connectivity index (χ1n) is 7.16. The van der Waals surface area contributed by atoms with Gasteiger partial charge in [-0.1, -0.05) is 26.2 Å². The molecule has 1 aliphatic rings. The quantitative estimate of drug-likeness (QED) is 0.861. The molecule has 1 aromatic rings. The number of aryl methyl sites for hydroxylation is 1. The van der Waals surface area contributed by atoms with Crippen LogP contribution in [-0.4, -0.2) is 32.3 Å². The maximum Gasteiger partial charge on any atom is 0.329 e. The molecule has 2 rings (SSSR count). The number of nitrogens with zero attached hydrogens (tertiary/aromatic N) is 2. The highest BCUT2D eigenvalue weighted by Gasteiger charge is 2.41. The van der Waals surface area contributed by atoms with Crippen molar-refractivity contribution < 1.29 is 14.7 Å². The standard InChI is InChI=1S/C14H21N3O3/c1-2-8-17-10-11(9-15-17)12(18)16-14(13(19)20)6-4-3-5-7-14/h9-10H,2-8H2,1H3,(H,16,18)(H,19,20). The van der Waals surface area contributed by atoms with Gasteiger partial charge in [-0.2, -0.15) is 5.10 Å². The second-order valence-corrected chi connectivity index (χ2v) is 5.39. The first-order valence-corrected chi connectivity index (χ1v) is 7.16. The Bertz CT molecular complexity index is 490. The van der Waals surface area contributed by atoms with E-state index in [9.17, 15) is 14.7 Å². The third kappa shape index (κ3) is 3.00. The number of carboxylic acid groups (broad SMARTS) is 1. The lowest BCUT2D eigenvalue weighted by Gasteiger charge is -2.33. The molecule has 2 N–H and O–H groups in total. The molecule has 6 nitrogen and oxygen atoms in total. The van der Waals surface area contributed by atoms with Crippen LogP contribution in [-0.2, 0) is 11.3 Å². The lowest BCUT2D eigenvalue weighted by Crippen LogP contribution is -2.55. The van der Waals surface area contributed by atoms with Crippen LogP contribution in [0.4, 0.5) is 0 Å². The second-order valence-electron chi connectivity index (χ2n) is 5.39. The Hall–Kier alpha value is -1.85. The van der Waals surface area contributed by atoms with Gasteiger partial charge in [-0.25, -0.2) is 4.79 Å². The monoisotopic (exact) mass is 279 g/mol. The van der Waals surface area contributed by atoms with Gasteiger partial charge < -0.3 is 10.4 Å². The Labute approximate surface area is 118 Å². The van der Waals surface area contributed by atoms with Crippen LogP contribution in [0.25, 0.3) is 0 Å². The summed E-state index contributed by atoms with van der Waals surface area (Å²) in [5, 5.41) is 16.2. The minimum Gasteiger partial charge on any atom is -0.480 e. The molecule has 1 heterocycles. The summed E-state index contributed by atoms with van der Waals surface area (Å²) < 4.78 is 1.70. The van der Waals surface area contributed by atoms with E-state index in [0.29, 0.717) is 18.4 Å². The van der Waals surface area contributed by atoms with Gasteiger partial charge in [0.25, 0.3) is 5.91 Å². The lowest BCUT2D eigenvalue weighted by molar-refractivity contribution is -0.145. The lowest BCUT2D eigenvalue weighted by atomic mass is 9.81. The van der Waals surface area contributed by atoms with E-state index in [0.717, 1.165) is 32.2 Å². The van der Waals surface area contributed by atoms with Gasteiger partial charge in [0.2, 0.25) is 0 Å². The number of amides is 1. The number of nitrogens with one attached hydrogen (secondary N) is 1. The van der Waals surface area contributed by atoms with E-state index in [1.807, 2.05) is 6.92 Å². The Kier molecular flexibility index (Phi) is 4.42.